The lowest BCUT2D eigenvalue weighted by molar-refractivity contribution is -0.881. The smallest absolute Gasteiger partial charge is 0.279 e. The van der Waals surface area contributed by atoms with Gasteiger partial charge in [0.15, 0.2) is 13.1 Å². The van der Waals surface area contributed by atoms with Gasteiger partial charge >= 0.3 is 0 Å². The second-order valence-electron chi connectivity index (χ2n) is 6.50. The number of benzene rings is 2. The number of hydrogen-bond donors (Lipinski definition) is 3. The summed E-state index contributed by atoms with van der Waals surface area (Å²) in [7, 11) is 0. The highest BCUT2D eigenvalue weighted by molar-refractivity contribution is 6.31. The summed E-state index contributed by atoms with van der Waals surface area (Å²) in [4.78, 5) is 25.3. The van der Waals surface area contributed by atoms with Gasteiger partial charge in [-0.05, 0) is 56.2 Å². The maximum Gasteiger partial charge on any atom is 0.279 e. The summed E-state index contributed by atoms with van der Waals surface area (Å²) in [5, 5.41) is 5.91. The Hall–Kier alpha value is -2.44. The zero-order valence-electron chi connectivity index (χ0n) is 15.7. The average molecular weight is 393 g/mol. The predicted octanol–water partition coefficient (Wildman–Crippen LogP) is 2.58. The van der Waals surface area contributed by atoms with Crippen LogP contribution in [-0.2, 0) is 9.59 Å². The third-order valence-corrected chi connectivity index (χ3v) is 4.43. The Bertz CT molecular complexity index is 842. The van der Waals surface area contributed by atoms with Crippen LogP contribution in [0.15, 0.2) is 36.4 Å². The lowest BCUT2D eigenvalue weighted by Crippen LogP contribution is -3.13. The van der Waals surface area contributed by atoms with E-state index in [1.165, 1.54) is 12.1 Å². The van der Waals surface area contributed by atoms with E-state index in [2.05, 4.69) is 10.6 Å². The highest BCUT2D eigenvalue weighted by atomic mass is 35.5. The van der Waals surface area contributed by atoms with Gasteiger partial charge in [-0.2, -0.15) is 0 Å². The van der Waals surface area contributed by atoms with Gasteiger partial charge in [-0.1, -0.05) is 23.7 Å². The van der Waals surface area contributed by atoms with Crippen molar-refractivity contribution in [3.63, 3.8) is 0 Å². The van der Waals surface area contributed by atoms with Gasteiger partial charge in [0.25, 0.3) is 11.8 Å². The first-order valence-electron chi connectivity index (χ1n) is 8.74. The highest BCUT2D eigenvalue weighted by Gasteiger charge is 2.18. The minimum absolute atomic E-state index is 0.0613. The van der Waals surface area contributed by atoms with Crippen LogP contribution in [0.4, 0.5) is 15.8 Å². The van der Waals surface area contributed by atoms with Gasteiger partial charge in [0.2, 0.25) is 0 Å². The maximum absolute atomic E-state index is 13.9. The van der Waals surface area contributed by atoms with E-state index in [1.807, 2.05) is 19.9 Å². The maximum atomic E-state index is 13.9. The second kappa shape index (κ2) is 9.48. The molecular formula is C20H24ClFN3O2+. The van der Waals surface area contributed by atoms with Crippen molar-refractivity contribution in [2.75, 3.05) is 30.3 Å². The Labute approximate surface area is 163 Å². The van der Waals surface area contributed by atoms with Gasteiger partial charge in [0, 0.05) is 10.7 Å². The number of halogens is 2. The van der Waals surface area contributed by atoms with Crippen LogP contribution in [0.5, 0.6) is 0 Å². The normalized spacial score (nSPS) is 11.7. The monoisotopic (exact) mass is 392 g/mol. The minimum atomic E-state index is -0.476. The summed E-state index contributed by atoms with van der Waals surface area (Å²) in [6.45, 7) is 6.29. The van der Waals surface area contributed by atoms with Crippen LogP contribution in [0.25, 0.3) is 0 Å². The van der Waals surface area contributed by atoms with E-state index in [9.17, 15) is 14.0 Å². The van der Waals surface area contributed by atoms with Gasteiger partial charge in [0.05, 0.1) is 12.2 Å². The average Bonchev–Trinajstić information content (AvgIpc) is 2.60. The van der Waals surface area contributed by atoms with E-state index in [4.69, 9.17) is 11.6 Å². The summed E-state index contributed by atoms with van der Waals surface area (Å²) in [5.41, 5.74) is 2.46. The van der Waals surface area contributed by atoms with Gasteiger partial charge in [-0.25, -0.2) is 4.39 Å². The first-order valence-corrected chi connectivity index (χ1v) is 9.12. The Balaban J connectivity index is 1.93. The molecule has 2 aromatic carbocycles. The molecule has 7 heteroatoms. The largest absolute Gasteiger partial charge is 0.321 e. The van der Waals surface area contributed by atoms with E-state index < -0.39 is 5.82 Å². The number of rotatable bonds is 7. The number of hydrogen-bond acceptors (Lipinski definition) is 2. The molecule has 0 radical (unpaired) electrons. The van der Waals surface area contributed by atoms with Gasteiger partial charge in [-0.3, -0.25) is 9.59 Å². The highest BCUT2D eigenvalue weighted by Crippen LogP contribution is 2.19. The number of likely N-dealkylation sites (N-methyl/N-ethyl adjacent to an activating group) is 1. The molecule has 0 fully saturated rings. The molecule has 0 aromatic heterocycles. The number of quaternary nitrogens is 1. The third-order valence-electron chi connectivity index (χ3n) is 4.19. The van der Waals surface area contributed by atoms with Crippen molar-refractivity contribution in [3.8, 4) is 0 Å². The van der Waals surface area contributed by atoms with Crippen molar-refractivity contribution in [3.05, 3.63) is 58.4 Å². The number of amides is 2. The molecule has 144 valence electrons. The zero-order valence-corrected chi connectivity index (χ0v) is 16.4. The van der Waals surface area contributed by atoms with E-state index >= 15 is 0 Å². The standard InChI is InChI=1S/C20H23ClFN3O2/c1-4-25(11-19(26)23-17-8-5-13(2)9-16(17)22)12-20(27)24-18-10-15(21)7-6-14(18)3/h5-10H,4,11-12H2,1-3H3,(H,23,26)(H,24,27)/p+1. The van der Waals surface area contributed by atoms with Crippen molar-refractivity contribution >= 4 is 34.8 Å². The SMILES string of the molecule is CC[NH+](CC(=O)Nc1cc(Cl)ccc1C)CC(=O)Nc1ccc(C)cc1F. The molecule has 2 amide bonds. The van der Waals surface area contributed by atoms with Crippen LogP contribution < -0.4 is 15.5 Å². The number of carbonyl (C=O) groups excluding carboxylic acids is 2. The first kappa shape index (κ1) is 20.9. The summed E-state index contributed by atoms with van der Waals surface area (Å²) < 4.78 is 13.9. The molecular weight excluding hydrogens is 369 g/mol. The van der Waals surface area contributed by atoms with Gasteiger partial charge in [-0.15, -0.1) is 0 Å². The molecule has 1 unspecified atom stereocenters. The zero-order chi connectivity index (χ0) is 20.0. The predicted molar refractivity (Wildman–Crippen MR) is 106 cm³/mol. The first-order chi connectivity index (χ1) is 12.8. The lowest BCUT2D eigenvalue weighted by atomic mass is 10.2. The summed E-state index contributed by atoms with van der Waals surface area (Å²) in [6.07, 6.45) is 0. The molecule has 27 heavy (non-hydrogen) atoms. The van der Waals surface area contributed by atoms with Gasteiger partial charge < -0.3 is 15.5 Å². The van der Waals surface area contributed by atoms with Crippen molar-refractivity contribution in [2.24, 2.45) is 0 Å². The number of anilines is 2. The summed E-state index contributed by atoms with van der Waals surface area (Å²) in [5.74, 6) is -1.04. The van der Waals surface area contributed by atoms with Crippen molar-refractivity contribution in [1.82, 2.24) is 0 Å². The molecule has 0 bridgehead atoms. The molecule has 0 aliphatic rings. The molecule has 0 heterocycles. The molecule has 0 saturated carbocycles. The second-order valence-corrected chi connectivity index (χ2v) is 6.93. The van der Waals surface area contributed by atoms with E-state index in [0.717, 1.165) is 16.0 Å². The molecule has 0 spiro atoms. The van der Waals surface area contributed by atoms with Crippen LogP contribution in [0.3, 0.4) is 0 Å². The molecule has 2 aromatic rings. The fraction of sp³-hybridized carbons (Fsp3) is 0.300. The van der Waals surface area contributed by atoms with Crippen LogP contribution in [0.1, 0.15) is 18.1 Å². The van der Waals surface area contributed by atoms with Crippen LogP contribution in [0.2, 0.25) is 5.02 Å². The molecule has 2 rings (SSSR count). The lowest BCUT2D eigenvalue weighted by Gasteiger charge is -2.17. The Morgan fingerprint density at radius 1 is 1.00 bits per heavy atom. The fourth-order valence-corrected chi connectivity index (χ4v) is 2.78. The Kier molecular flexibility index (Phi) is 7.33. The fourth-order valence-electron chi connectivity index (χ4n) is 2.61. The molecule has 0 aliphatic carbocycles. The molecule has 0 aliphatic heterocycles. The minimum Gasteiger partial charge on any atom is -0.321 e. The van der Waals surface area contributed by atoms with Crippen molar-refractivity contribution in [2.45, 2.75) is 20.8 Å². The topological polar surface area (TPSA) is 62.6 Å². The molecule has 3 N–H and O–H groups in total. The Morgan fingerprint density at radius 2 is 1.63 bits per heavy atom. The van der Waals surface area contributed by atoms with Crippen molar-refractivity contribution < 1.29 is 18.9 Å². The van der Waals surface area contributed by atoms with Crippen molar-refractivity contribution in [1.29, 1.82) is 0 Å². The summed E-state index contributed by atoms with van der Waals surface area (Å²) in [6, 6.07) is 9.89. The number of nitrogens with one attached hydrogen (secondary N) is 3. The molecule has 1 atom stereocenters. The van der Waals surface area contributed by atoms with E-state index in [-0.39, 0.29) is 30.6 Å². The quantitative estimate of drug-likeness (QED) is 0.678. The molecule has 0 saturated heterocycles. The molecule has 5 nitrogen and oxygen atoms in total. The number of carbonyl (C=O) groups is 2. The van der Waals surface area contributed by atoms with E-state index in [1.54, 1.807) is 25.1 Å². The summed E-state index contributed by atoms with van der Waals surface area (Å²) >= 11 is 5.96. The van der Waals surface area contributed by atoms with Gasteiger partial charge in [0.1, 0.15) is 5.82 Å². The van der Waals surface area contributed by atoms with Crippen LogP contribution in [-0.4, -0.2) is 31.4 Å². The third kappa shape index (κ3) is 6.34. The van der Waals surface area contributed by atoms with E-state index in [0.29, 0.717) is 17.3 Å². The van der Waals surface area contributed by atoms with Crippen LogP contribution in [0, 0.1) is 19.7 Å². The van der Waals surface area contributed by atoms with Crippen LogP contribution >= 0.6 is 11.6 Å². The Morgan fingerprint density at radius 3 is 2.22 bits per heavy atom. The number of aryl methyl sites for hydroxylation is 2.